The van der Waals surface area contributed by atoms with Crippen molar-refractivity contribution in [3.63, 3.8) is 0 Å². The molecule has 0 radical (unpaired) electrons. The lowest BCUT2D eigenvalue weighted by Crippen LogP contribution is -2.25. The van der Waals surface area contributed by atoms with Gasteiger partial charge < -0.3 is 14.2 Å². The average Bonchev–Trinajstić information content (AvgIpc) is 2.77. The van der Waals surface area contributed by atoms with Crippen molar-refractivity contribution in [1.82, 2.24) is 0 Å². The van der Waals surface area contributed by atoms with Gasteiger partial charge in [0, 0.05) is 16.3 Å². The van der Waals surface area contributed by atoms with E-state index in [1.165, 1.54) is 19.3 Å². The summed E-state index contributed by atoms with van der Waals surface area (Å²) in [5.41, 5.74) is 0.409. The molecule has 2 aromatic carbocycles. The van der Waals surface area contributed by atoms with E-state index >= 15 is 0 Å². The Bertz CT molecular complexity index is 827. The van der Waals surface area contributed by atoms with Gasteiger partial charge in [-0.15, -0.1) is 0 Å². The molecule has 4 nitrogen and oxygen atoms in total. The highest BCUT2D eigenvalue weighted by Gasteiger charge is 2.17. The van der Waals surface area contributed by atoms with E-state index in [1.54, 1.807) is 6.92 Å². The summed E-state index contributed by atoms with van der Waals surface area (Å²) in [6.07, 6.45) is 8.43. The second-order valence-corrected chi connectivity index (χ2v) is 8.13. The molecule has 0 bridgehead atoms. The second-order valence-electron chi connectivity index (χ2n) is 8.13. The maximum absolute atomic E-state index is 12.0. The van der Waals surface area contributed by atoms with Crippen molar-refractivity contribution in [3.05, 3.63) is 48.6 Å². The molecule has 0 heterocycles. The lowest BCUT2D eigenvalue weighted by molar-refractivity contribution is -0.146. The van der Waals surface area contributed by atoms with Crippen molar-refractivity contribution in [3.8, 4) is 11.5 Å². The molecule has 0 aliphatic rings. The number of hydrogen-bond acceptors (Lipinski definition) is 4. The van der Waals surface area contributed by atoms with Crippen molar-refractivity contribution in [2.75, 3.05) is 13.2 Å². The van der Waals surface area contributed by atoms with Gasteiger partial charge in [0.15, 0.2) is 0 Å². The van der Waals surface area contributed by atoms with Crippen LogP contribution in [0.1, 0.15) is 72.1 Å². The van der Waals surface area contributed by atoms with Gasteiger partial charge in [-0.3, -0.25) is 0 Å². The van der Waals surface area contributed by atoms with Gasteiger partial charge in [0.2, 0.25) is 0 Å². The van der Waals surface area contributed by atoms with Crippen LogP contribution in [0.4, 0.5) is 0 Å². The largest absolute Gasteiger partial charge is 0.493 e. The lowest BCUT2D eigenvalue weighted by atomic mass is 10.1. The van der Waals surface area contributed by atoms with Crippen molar-refractivity contribution >= 4 is 16.7 Å². The number of carbonyl (C=O) groups is 1. The molecule has 0 spiro atoms. The smallest absolute Gasteiger partial charge is 0.333 e. The van der Waals surface area contributed by atoms with Crippen molar-refractivity contribution in [2.45, 2.75) is 78.2 Å². The van der Waals surface area contributed by atoms with Crippen LogP contribution in [-0.2, 0) is 9.53 Å². The molecule has 0 saturated carbocycles. The summed E-state index contributed by atoms with van der Waals surface area (Å²) >= 11 is 0. The molecule has 2 aromatic rings. The van der Waals surface area contributed by atoms with Gasteiger partial charge in [-0.1, -0.05) is 76.8 Å². The van der Waals surface area contributed by atoms with E-state index in [9.17, 15) is 4.79 Å². The summed E-state index contributed by atoms with van der Waals surface area (Å²) in [6.45, 7) is 10.8. The molecule has 4 heteroatoms. The Balaban J connectivity index is 2.07. The highest BCUT2D eigenvalue weighted by molar-refractivity contribution is 5.93. The molecule has 0 aliphatic heterocycles. The summed E-state index contributed by atoms with van der Waals surface area (Å²) in [7, 11) is 0. The van der Waals surface area contributed by atoms with Gasteiger partial charge in [-0.25, -0.2) is 4.79 Å². The number of carbonyl (C=O) groups excluding carboxylic acids is 1. The van der Waals surface area contributed by atoms with Gasteiger partial charge in [0.25, 0.3) is 0 Å². The number of ether oxygens (including phenoxy) is 3. The summed E-state index contributed by atoms with van der Waals surface area (Å²) in [5.74, 6) is 1.30. The molecule has 170 valence electrons. The van der Waals surface area contributed by atoms with E-state index in [1.807, 2.05) is 30.3 Å². The third kappa shape index (κ3) is 8.28. The molecule has 0 amide bonds. The summed E-state index contributed by atoms with van der Waals surface area (Å²) in [5, 5.41) is 2.05. The maximum Gasteiger partial charge on any atom is 0.333 e. The highest BCUT2D eigenvalue weighted by Crippen LogP contribution is 2.33. The number of esters is 1. The number of benzene rings is 2. The minimum atomic E-state index is -0.359. The summed E-state index contributed by atoms with van der Waals surface area (Å²) in [6, 6.07) is 12.0. The first-order chi connectivity index (χ1) is 15.1. The monoisotopic (exact) mass is 426 g/mol. The molecule has 0 aromatic heterocycles. The fraction of sp³-hybridized carbons (Fsp3) is 0.519. The predicted molar refractivity (Wildman–Crippen MR) is 128 cm³/mol. The van der Waals surface area contributed by atoms with Crippen molar-refractivity contribution < 1.29 is 19.0 Å². The van der Waals surface area contributed by atoms with Gasteiger partial charge in [-0.2, -0.15) is 0 Å². The van der Waals surface area contributed by atoms with Crippen molar-refractivity contribution in [2.24, 2.45) is 0 Å². The fourth-order valence-electron chi connectivity index (χ4n) is 3.44. The van der Waals surface area contributed by atoms with Gasteiger partial charge in [-0.05, 0) is 38.3 Å². The third-order valence-corrected chi connectivity index (χ3v) is 5.28. The van der Waals surface area contributed by atoms with E-state index in [2.05, 4.69) is 26.5 Å². The van der Waals surface area contributed by atoms with Crippen LogP contribution in [0.15, 0.2) is 48.6 Å². The molecule has 1 unspecified atom stereocenters. The zero-order valence-corrected chi connectivity index (χ0v) is 19.5. The minimum absolute atomic E-state index is 0.288. The highest BCUT2D eigenvalue weighted by atomic mass is 16.6. The van der Waals surface area contributed by atoms with Gasteiger partial charge in [0.1, 0.15) is 24.2 Å². The zero-order valence-electron chi connectivity index (χ0n) is 19.5. The first kappa shape index (κ1) is 24.8. The molecule has 1 atom stereocenters. The Morgan fingerprint density at radius 2 is 1.48 bits per heavy atom. The Hall–Kier alpha value is -2.49. The Labute approximate surface area is 187 Å². The molecule has 0 N–H and O–H groups in total. The number of hydrogen-bond donors (Lipinski definition) is 0. The number of fused-ring (bicyclic) bond motifs is 1. The standard InChI is InChI=1S/C27H38O4/c1-5-7-9-13-19-29-25-17-18-26(24-16-12-11-15-23(24)25)30-20-22(14-10-8-6-2)31-27(28)21(3)4/h11-12,15-18,22H,3,5-10,13-14,19-20H2,1-2,4H3. The van der Waals surface area contributed by atoms with Crippen molar-refractivity contribution in [1.29, 1.82) is 0 Å². The Kier molecular flexibility index (Phi) is 11.0. The average molecular weight is 427 g/mol. The quantitative estimate of drug-likeness (QED) is 0.171. The maximum atomic E-state index is 12.0. The summed E-state index contributed by atoms with van der Waals surface area (Å²) < 4.78 is 17.8. The SMILES string of the molecule is C=C(C)C(=O)OC(CCCCC)COc1ccc(OCCCCCC)c2ccccc12. The Morgan fingerprint density at radius 1 is 0.871 bits per heavy atom. The zero-order chi connectivity index (χ0) is 22.5. The van der Waals surface area contributed by atoms with Crippen LogP contribution in [0.3, 0.4) is 0 Å². The molecule has 0 saturated heterocycles. The van der Waals surface area contributed by atoms with Crippen LogP contribution >= 0.6 is 0 Å². The van der Waals surface area contributed by atoms with Gasteiger partial charge in [0.05, 0.1) is 6.61 Å². The van der Waals surface area contributed by atoms with E-state index < -0.39 is 0 Å². The van der Waals surface area contributed by atoms with E-state index in [4.69, 9.17) is 14.2 Å². The minimum Gasteiger partial charge on any atom is -0.493 e. The number of rotatable bonds is 15. The molecular weight excluding hydrogens is 388 g/mol. The topological polar surface area (TPSA) is 44.8 Å². The molecule has 31 heavy (non-hydrogen) atoms. The van der Waals surface area contributed by atoms with Crippen LogP contribution in [0, 0.1) is 0 Å². The number of unbranched alkanes of at least 4 members (excludes halogenated alkanes) is 5. The van der Waals surface area contributed by atoms with Crippen LogP contribution in [0.5, 0.6) is 11.5 Å². The van der Waals surface area contributed by atoms with E-state index in [0.29, 0.717) is 12.2 Å². The van der Waals surface area contributed by atoms with Gasteiger partial charge >= 0.3 is 5.97 Å². The molecule has 0 fully saturated rings. The lowest BCUT2D eigenvalue weighted by Gasteiger charge is -2.20. The third-order valence-electron chi connectivity index (χ3n) is 5.28. The van der Waals surface area contributed by atoms with Crippen LogP contribution in [-0.4, -0.2) is 25.3 Å². The van der Waals surface area contributed by atoms with E-state index in [-0.39, 0.29) is 12.1 Å². The second kappa shape index (κ2) is 13.7. The first-order valence-corrected chi connectivity index (χ1v) is 11.7. The molecular formula is C27H38O4. The van der Waals surface area contributed by atoms with Crippen LogP contribution < -0.4 is 9.47 Å². The van der Waals surface area contributed by atoms with Crippen LogP contribution in [0.25, 0.3) is 10.8 Å². The normalized spacial score (nSPS) is 11.8. The van der Waals surface area contributed by atoms with Crippen LogP contribution in [0.2, 0.25) is 0 Å². The predicted octanol–water partition coefficient (Wildman–Crippen LogP) is 7.25. The molecule has 0 aliphatic carbocycles. The first-order valence-electron chi connectivity index (χ1n) is 11.7. The fourth-order valence-corrected chi connectivity index (χ4v) is 3.44. The Morgan fingerprint density at radius 3 is 2.10 bits per heavy atom. The summed E-state index contributed by atoms with van der Waals surface area (Å²) in [4.78, 5) is 12.0. The molecule has 2 rings (SSSR count). The van der Waals surface area contributed by atoms with E-state index in [0.717, 1.165) is 61.0 Å².